The van der Waals surface area contributed by atoms with Gasteiger partial charge in [-0.25, -0.2) is 0 Å². The number of alkyl halides is 3. The number of Topliss-reactive ketones (excluding diaryl/α,β-unsaturated/α-hetero) is 1. The maximum atomic E-state index is 13.6. The minimum Gasteiger partial charge on any atom is -0.368 e. The topological polar surface area (TPSA) is 71.6 Å². The molecule has 2 aromatic carbocycles. The maximum absolute atomic E-state index is 13.6. The molecule has 1 amide bonds. The number of piperazine rings is 1. The van der Waals surface area contributed by atoms with E-state index in [2.05, 4.69) is 9.80 Å². The first-order chi connectivity index (χ1) is 16.9. The van der Waals surface area contributed by atoms with Gasteiger partial charge in [0.15, 0.2) is 5.78 Å². The molecule has 0 bridgehead atoms. The molecule has 2 aliphatic rings. The molecule has 0 atom stereocenters. The summed E-state index contributed by atoms with van der Waals surface area (Å²) in [7, 11) is 2.04. The van der Waals surface area contributed by atoms with Crippen LogP contribution in [0, 0.1) is 5.41 Å². The van der Waals surface area contributed by atoms with E-state index in [1.165, 1.54) is 6.07 Å². The number of ketones is 1. The Morgan fingerprint density at radius 1 is 1.00 bits per heavy atom. The zero-order valence-corrected chi connectivity index (χ0v) is 20.6. The van der Waals surface area contributed by atoms with E-state index in [4.69, 9.17) is 5.73 Å². The SMILES string of the molecule is CN1CCN(c2cc(-n3c4c(c5cc(C(F)(F)F)ccc53)C(=O)CC(C)(C)C4)ccc2C(N)=O)CC1. The summed E-state index contributed by atoms with van der Waals surface area (Å²) in [6, 6.07) is 8.87. The standard InChI is InChI=1S/C27H29F3N4O2/c1-26(2)14-22-24(23(35)15-26)19-12-16(27(28,29)30)4-7-20(19)34(22)17-5-6-18(25(31)36)21(13-17)33-10-8-32(3)9-11-33/h4-7,12-13H,8-11,14-15H2,1-3H3,(H2,31,36). The van der Waals surface area contributed by atoms with Gasteiger partial charge in [-0.1, -0.05) is 13.8 Å². The maximum Gasteiger partial charge on any atom is 0.416 e. The van der Waals surface area contributed by atoms with Crippen molar-refractivity contribution in [1.82, 2.24) is 9.47 Å². The number of carbonyl (C=O) groups excluding carboxylic acids is 2. The molecule has 0 spiro atoms. The zero-order chi connectivity index (χ0) is 26.0. The number of primary amides is 1. The highest BCUT2D eigenvalue weighted by Gasteiger charge is 2.38. The Hall–Kier alpha value is -3.33. The summed E-state index contributed by atoms with van der Waals surface area (Å²) < 4.78 is 42.6. The van der Waals surface area contributed by atoms with Crippen molar-refractivity contribution >= 4 is 28.3 Å². The van der Waals surface area contributed by atoms with Gasteiger partial charge < -0.3 is 20.1 Å². The number of nitrogens with two attached hydrogens (primary N) is 1. The molecule has 3 aromatic rings. The van der Waals surface area contributed by atoms with Gasteiger partial charge in [0.25, 0.3) is 5.91 Å². The lowest BCUT2D eigenvalue weighted by atomic mass is 9.75. The quantitative estimate of drug-likeness (QED) is 0.571. The molecule has 1 fully saturated rings. The smallest absolute Gasteiger partial charge is 0.368 e. The van der Waals surface area contributed by atoms with Crippen LogP contribution in [0.1, 0.15) is 52.2 Å². The summed E-state index contributed by atoms with van der Waals surface area (Å²) in [4.78, 5) is 29.8. The molecule has 0 saturated carbocycles. The summed E-state index contributed by atoms with van der Waals surface area (Å²) in [5.74, 6) is -0.696. The molecule has 2 heterocycles. The highest BCUT2D eigenvalue weighted by molar-refractivity contribution is 6.11. The number of nitrogens with zero attached hydrogens (tertiary/aromatic N) is 3. The minimum atomic E-state index is -4.52. The van der Waals surface area contributed by atoms with Gasteiger partial charge in [0.1, 0.15) is 0 Å². The van der Waals surface area contributed by atoms with Crippen molar-refractivity contribution in [1.29, 1.82) is 0 Å². The first-order valence-electron chi connectivity index (χ1n) is 12.0. The summed E-state index contributed by atoms with van der Waals surface area (Å²) in [6.07, 6.45) is -3.72. The van der Waals surface area contributed by atoms with Crippen molar-refractivity contribution in [2.24, 2.45) is 11.1 Å². The Morgan fingerprint density at radius 2 is 1.69 bits per heavy atom. The van der Waals surface area contributed by atoms with E-state index in [0.29, 0.717) is 58.6 Å². The van der Waals surface area contributed by atoms with Crippen LogP contribution in [0.15, 0.2) is 36.4 Å². The van der Waals surface area contributed by atoms with E-state index in [0.717, 1.165) is 25.2 Å². The molecule has 6 nitrogen and oxygen atoms in total. The molecular formula is C27H29F3N4O2. The van der Waals surface area contributed by atoms with E-state index in [9.17, 15) is 22.8 Å². The molecule has 190 valence electrons. The highest BCUT2D eigenvalue weighted by Crippen LogP contribution is 2.43. The van der Waals surface area contributed by atoms with Gasteiger partial charge in [-0.15, -0.1) is 0 Å². The molecule has 9 heteroatoms. The lowest BCUT2D eigenvalue weighted by molar-refractivity contribution is -0.137. The number of anilines is 1. The summed E-state index contributed by atoms with van der Waals surface area (Å²) in [5.41, 5.74) is 7.94. The van der Waals surface area contributed by atoms with Crippen LogP contribution < -0.4 is 10.6 Å². The van der Waals surface area contributed by atoms with Crippen molar-refractivity contribution in [2.75, 3.05) is 38.1 Å². The lowest BCUT2D eigenvalue weighted by Crippen LogP contribution is -2.45. The van der Waals surface area contributed by atoms with Gasteiger partial charge in [0, 0.05) is 54.9 Å². The number of hydrogen-bond acceptors (Lipinski definition) is 4. The Bertz CT molecular complexity index is 1380. The van der Waals surface area contributed by atoms with Crippen LogP contribution in [0.4, 0.5) is 18.9 Å². The van der Waals surface area contributed by atoms with Crippen LogP contribution in [0.3, 0.4) is 0 Å². The molecule has 1 aromatic heterocycles. The Kier molecular flexibility index (Phi) is 5.66. The number of benzene rings is 2. The molecule has 2 N–H and O–H groups in total. The van der Waals surface area contributed by atoms with E-state index in [1.54, 1.807) is 12.1 Å². The fourth-order valence-electron chi connectivity index (χ4n) is 5.51. The first-order valence-corrected chi connectivity index (χ1v) is 12.0. The summed E-state index contributed by atoms with van der Waals surface area (Å²) >= 11 is 0. The van der Waals surface area contributed by atoms with Crippen LogP contribution in [-0.2, 0) is 12.6 Å². The predicted octanol–water partition coefficient (Wildman–Crippen LogP) is 4.66. The second kappa shape index (κ2) is 8.37. The monoisotopic (exact) mass is 498 g/mol. The number of fused-ring (bicyclic) bond motifs is 3. The average molecular weight is 499 g/mol. The van der Waals surface area contributed by atoms with Crippen LogP contribution in [0.5, 0.6) is 0 Å². The lowest BCUT2D eigenvalue weighted by Gasteiger charge is -2.35. The number of amides is 1. The van der Waals surface area contributed by atoms with Crippen LogP contribution in [0.2, 0.25) is 0 Å². The van der Waals surface area contributed by atoms with E-state index in [-0.39, 0.29) is 17.6 Å². The molecule has 5 rings (SSSR count). The van der Waals surface area contributed by atoms with Crippen molar-refractivity contribution in [3.8, 4) is 5.69 Å². The summed E-state index contributed by atoms with van der Waals surface area (Å²) in [5, 5.41) is 0.306. The predicted molar refractivity (Wildman–Crippen MR) is 133 cm³/mol. The third kappa shape index (κ3) is 4.15. The van der Waals surface area contributed by atoms with Gasteiger partial charge in [0.2, 0.25) is 0 Å². The number of aromatic nitrogens is 1. The molecule has 36 heavy (non-hydrogen) atoms. The molecule has 1 saturated heterocycles. The van der Waals surface area contributed by atoms with Gasteiger partial charge in [-0.3, -0.25) is 9.59 Å². The average Bonchev–Trinajstić information content (AvgIpc) is 3.10. The molecule has 0 radical (unpaired) electrons. The number of hydrogen-bond donors (Lipinski definition) is 1. The van der Waals surface area contributed by atoms with E-state index in [1.807, 2.05) is 31.5 Å². The second-order valence-corrected chi connectivity index (χ2v) is 10.7. The molecule has 1 aliphatic heterocycles. The Morgan fingerprint density at radius 3 is 2.33 bits per heavy atom. The van der Waals surface area contributed by atoms with Gasteiger partial charge in [-0.05, 0) is 55.3 Å². The molecule has 1 aliphatic carbocycles. The zero-order valence-electron chi connectivity index (χ0n) is 20.6. The Labute approximate surface area is 207 Å². The van der Waals surface area contributed by atoms with Crippen LogP contribution >= 0.6 is 0 Å². The number of likely N-dealkylation sites (N-methyl/N-ethyl adjacent to an activating group) is 1. The number of carbonyl (C=O) groups is 2. The van der Waals surface area contributed by atoms with Crippen LogP contribution in [-0.4, -0.2) is 54.4 Å². The van der Waals surface area contributed by atoms with Crippen molar-refractivity contribution in [3.63, 3.8) is 0 Å². The number of halogens is 3. The third-order valence-corrected chi connectivity index (χ3v) is 7.31. The van der Waals surface area contributed by atoms with Crippen molar-refractivity contribution in [2.45, 2.75) is 32.9 Å². The normalized spacial score (nSPS) is 18.5. The first kappa shape index (κ1) is 24.4. The number of rotatable bonds is 3. The van der Waals surface area contributed by atoms with Gasteiger partial charge >= 0.3 is 6.18 Å². The fourth-order valence-corrected chi connectivity index (χ4v) is 5.51. The van der Waals surface area contributed by atoms with Crippen molar-refractivity contribution in [3.05, 3.63) is 58.8 Å². The van der Waals surface area contributed by atoms with Crippen molar-refractivity contribution < 1.29 is 22.8 Å². The van der Waals surface area contributed by atoms with Gasteiger partial charge in [-0.2, -0.15) is 13.2 Å². The molecular weight excluding hydrogens is 469 g/mol. The third-order valence-electron chi connectivity index (χ3n) is 7.31. The highest BCUT2D eigenvalue weighted by atomic mass is 19.4. The second-order valence-electron chi connectivity index (χ2n) is 10.7. The van der Waals surface area contributed by atoms with Gasteiger partial charge in [0.05, 0.1) is 22.3 Å². The van der Waals surface area contributed by atoms with E-state index < -0.39 is 17.6 Å². The fraction of sp³-hybridized carbons (Fsp3) is 0.407. The van der Waals surface area contributed by atoms with Crippen LogP contribution in [0.25, 0.3) is 16.6 Å². The largest absolute Gasteiger partial charge is 0.416 e. The summed E-state index contributed by atoms with van der Waals surface area (Å²) in [6.45, 7) is 7.06. The minimum absolute atomic E-state index is 0.155. The Balaban J connectivity index is 1.75. The van der Waals surface area contributed by atoms with E-state index >= 15 is 0 Å². The molecule has 0 unspecified atom stereocenters.